The summed E-state index contributed by atoms with van der Waals surface area (Å²) in [7, 11) is 0. The number of halogens is 6. The molecule has 0 radical (unpaired) electrons. The van der Waals surface area contributed by atoms with Crippen molar-refractivity contribution in [1.29, 1.82) is 0 Å². The van der Waals surface area contributed by atoms with Gasteiger partial charge in [0.2, 0.25) is 0 Å². The van der Waals surface area contributed by atoms with E-state index in [-0.39, 0.29) is 28.5 Å². The quantitative estimate of drug-likeness (QED) is 0.789. The number of rotatable bonds is 3. The Bertz CT molecular complexity index is 635. The summed E-state index contributed by atoms with van der Waals surface area (Å²) >= 11 is 11.6. The van der Waals surface area contributed by atoms with Crippen LogP contribution in [0.15, 0.2) is 36.4 Å². The third-order valence-corrected chi connectivity index (χ3v) is 3.16. The highest BCUT2D eigenvalue weighted by molar-refractivity contribution is 6.32. The zero-order valence-corrected chi connectivity index (χ0v) is 13.1. The Morgan fingerprint density at radius 3 is 2.14 bits per heavy atom. The minimum absolute atomic E-state index is 0. The van der Waals surface area contributed by atoms with Crippen LogP contribution in [0.3, 0.4) is 0 Å². The SMILES string of the molecule is Cl.N[C@@H](c1ccc(OC(F)(F)F)cc1)c1ccc(Cl)nc1Cl. The lowest BCUT2D eigenvalue weighted by Crippen LogP contribution is -2.17. The van der Waals surface area contributed by atoms with Crippen molar-refractivity contribution >= 4 is 35.6 Å². The number of nitrogens with zero attached hydrogens (tertiary/aromatic N) is 1. The first-order chi connectivity index (χ1) is 9.76. The van der Waals surface area contributed by atoms with Crippen molar-refractivity contribution in [1.82, 2.24) is 4.98 Å². The molecule has 0 aliphatic carbocycles. The molecule has 0 bridgehead atoms. The topological polar surface area (TPSA) is 48.1 Å². The van der Waals surface area contributed by atoms with E-state index in [1.807, 2.05) is 0 Å². The maximum Gasteiger partial charge on any atom is 0.573 e. The number of pyridine rings is 1. The lowest BCUT2D eigenvalue weighted by atomic mass is 10.0. The lowest BCUT2D eigenvalue weighted by molar-refractivity contribution is -0.274. The van der Waals surface area contributed by atoms with Gasteiger partial charge >= 0.3 is 6.36 Å². The van der Waals surface area contributed by atoms with Crippen molar-refractivity contribution in [3.05, 3.63) is 57.8 Å². The van der Waals surface area contributed by atoms with Crippen LogP contribution in [-0.2, 0) is 0 Å². The van der Waals surface area contributed by atoms with Crippen LogP contribution in [0.1, 0.15) is 17.2 Å². The number of nitrogens with two attached hydrogens (primary N) is 1. The fraction of sp³-hybridized carbons (Fsp3) is 0.154. The molecule has 0 fully saturated rings. The largest absolute Gasteiger partial charge is 0.573 e. The average Bonchev–Trinajstić information content (AvgIpc) is 2.37. The minimum Gasteiger partial charge on any atom is -0.406 e. The van der Waals surface area contributed by atoms with Crippen molar-refractivity contribution in [2.24, 2.45) is 5.73 Å². The summed E-state index contributed by atoms with van der Waals surface area (Å²) in [5.41, 5.74) is 7.10. The summed E-state index contributed by atoms with van der Waals surface area (Å²) in [4.78, 5) is 3.86. The predicted octanol–water partition coefficient (Wildman–Crippen LogP) is 4.76. The van der Waals surface area contributed by atoms with Gasteiger partial charge < -0.3 is 10.5 Å². The molecule has 2 aromatic rings. The van der Waals surface area contributed by atoms with Crippen molar-refractivity contribution in [2.75, 3.05) is 0 Å². The maximum atomic E-state index is 12.1. The maximum absolute atomic E-state index is 12.1. The van der Waals surface area contributed by atoms with E-state index in [0.29, 0.717) is 11.1 Å². The van der Waals surface area contributed by atoms with Gasteiger partial charge in [0.15, 0.2) is 0 Å². The van der Waals surface area contributed by atoms with Gasteiger partial charge in [-0.25, -0.2) is 4.98 Å². The predicted molar refractivity (Wildman–Crippen MR) is 80.7 cm³/mol. The van der Waals surface area contributed by atoms with Gasteiger partial charge in [-0.05, 0) is 23.8 Å². The number of aromatic nitrogens is 1. The molecule has 1 heterocycles. The van der Waals surface area contributed by atoms with E-state index in [2.05, 4.69) is 9.72 Å². The molecule has 0 saturated heterocycles. The Hall–Kier alpha value is -1.21. The van der Waals surface area contributed by atoms with E-state index in [4.69, 9.17) is 28.9 Å². The van der Waals surface area contributed by atoms with Gasteiger partial charge in [0.05, 0.1) is 6.04 Å². The molecule has 0 unspecified atom stereocenters. The minimum atomic E-state index is -4.73. The second-order valence-electron chi connectivity index (χ2n) is 4.11. The second-order valence-corrected chi connectivity index (χ2v) is 4.85. The second kappa shape index (κ2) is 7.37. The van der Waals surface area contributed by atoms with Crippen LogP contribution in [0.4, 0.5) is 13.2 Å². The lowest BCUT2D eigenvalue weighted by Gasteiger charge is -2.15. The molecular weight excluding hydrogens is 364 g/mol. The highest BCUT2D eigenvalue weighted by Gasteiger charge is 2.31. The normalized spacial score (nSPS) is 12.5. The summed E-state index contributed by atoms with van der Waals surface area (Å²) < 4.78 is 40.0. The molecule has 0 aliphatic rings. The van der Waals surface area contributed by atoms with E-state index in [1.54, 1.807) is 6.07 Å². The van der Waals surface area contributed by atoms with E-state index in [9.17, 15) is 13.2 Å². The number of hydrogen-bond donors (Lipinski definition) is 1. The molecular formula is C13H10Cl3F3N2O. The Labute approximate surface area is 140 Å². The molecule has 2 N–H and O–H groups in total. The van der Waals surface area contributed by atoms with Crippen LogP contribution in [0.2, 0.25) is 10.3 Å². The van der Waals surface area contributed by atoms with Crippen molar-refractivity contribution in [3.8, 4) is 5.75 Å². The number of ether oxygens (including phenoxy) is 1. The van der Waals surface area contributed by atoms with Crippen LogP contribution in [-0.4, -0.2) is 11.3 Å². The monoisotopic (exact) mass is 372 g/mol. The molecule has 1 atom stereocenters. The molecule has 1 aromatic carbocycles. The summed E-state index contributed by atoms with van der Waals surface area (Å²) in [6, 6.07) is 7.72. The zero-order chi connectivity index (χ0) is 15.6. The first kappa shape index (κ1) is 18.8. The Morgan fingerprint density at radius 1 is 1.05 bits per heavy atom. The summed E-state index contributed by atoms with van der Waals surface area (Å²) in [6.07, 6.45) is -4.73. The van der Waals surface area contributed by atoms with Gasteiger partial charge in [0.25, 0.3) is 0 Å². The van der Waals surface area contributed by atoms with Crippen LogP contribution in [0.25, 0.3) is 0 Å². The standard InChI is InChI=1S/C13H9Cl2F3N2O.ClH/c14-10-6-5-9(12(15)20-10)11(19)7-1-3-8(4-2-7)21-13(16,17)18;/h1-6,11H,19H2;1H/t11-;/m0./s1. The van der Waals surface area contributed by atoms with Crippen LogP contribution >= 0.6 is 35.6 Å². The Balaban J connectivity index is 0.00000242. The average molecular weight is 374 g/mol. The fourth-order valence-electron chi connectivity index (χ4n) is 1.71. The molecule has 0 aliphatic heterocycles. The molecule has 0 saturated carbocycles. The summed E-state index contributed by atoms with van der Waals surface area (Å²) in [6.45, 7) is 0. The van der Waals surface area contributed by atoms with E-state index >= 15 is 0 Å². The van der Waals surface area contributed by atoms with Gasteiger partial charge in [-0.3, -0.25) is 0 Å². The highest BCUT2D eigenvalue weighted by atomic mass is 35.5. The Morgan fingerprint density at radius 2 is 1.64 bits per heavy atom. The van der Waals surface area contributed by atoms with Crippen molar-refractivity contribution < 1.29 is 17.9 Å². The summed E-state index contributed by atoms with van der Waals surface area (Å²) in [5.74, 6) is -0.321. The fourth-order valence-corrected chi connectivity index (χ4v) is 2.17. The van der Waals surface area contributed by atoms with Crippen LogP contribution in [0, 0.1) is 0 Å². The Kier molecular flexibility index (Phi) is 6.31. The van der Waals surface area contributed by atoms with E-state index in [1.165, 1.54) is 30.3 Å². The molecule has 0 amide bonds. The number of alkyl halides is 3. The van der Waals surface area contributed by atoms with E-state index < -0.39 is 12.4 Å². The van der Waals surface area contributed by atoms with E-state index in [0.717, 1.165) is 0 Å². The van der Waals surface area contributed by atoms with Crippen molar-refractivity contribution in [2.45, 2.75) is 12.4 Å². The number of hydrogen-bond acceptors (Lipinski definition) is 3. The van der Waals surface area contributed by atoms with Crippen LogP contribution in [0.5, 0.6) is 5.75 Å². The van der Waals surface area contributed by atoms with Gasteiger partial charge in [-0.15, -0.1) is 25.6 Å². The van der Waals surface area contributed by atoms with Crippen LogP contribution < -0.4 is 10.5 Å². The molecule has 9 heteroatoms. The van der Waals surface area contributed by atoms with Gasteiger partial charge in [0, 0.05) is 5.56 Å². The molecule has 0 spiro atoms. The first-order valence-corrected chi connectivity index (χ1v) is 6.45. The molecule has 120 valence electrons. The summed E-state index contributed by atoms with van der Waals surface area (Å²) in [5, 5.41) is 0.371. The first-order valence-electron chi connectivity index (χ1n) is 5.69. The zero-order valence-electron chi connectivity index (χ0n) is 10.8. The van der Waals surface area contributed by atoms with Gasteiger partial charge in [-0.2, -0.15) is 0 Å². The van der Waals surface area contributed by atoms with Crippen molar-refractivity contribution in [3.63, 3.8) is 0 Å². The molecule has 1 aromatic heterocycles. The number of benzene rings is 1. The smallest absolute Gasteiger partial charge is 0.406 e. The molecule has 22 heavy (non-hydrogen) atoms. The third-order valence-electron chi connectivity index (χ3n) is 2.65. The molecule has 3 nitrogen and oxygen atoms in total. The van der Waals surface area contributed by atoms with Gasteiger partial charge in [0.1, 0.15) is 16.1 Å². The third kappa shape index (κ3) is 4.91. The van der Waals surface area contributed by atoms with Gasteiger partial charge in [-0.1, -0.05) is 41.4 Å². The molecule has 2 rings (SSSR count). The highest BCUT2D eigenvalue weighted by Crippen LogP contribution is 2.29.